The summed E-state index contributed by atoms with van der Waals surface area (Å²) in [5.41, 5.74) is 1.16. The lowest BCUT2D eigenvalue weighted by Gasteiger charge is -2.23. The number of hydroxylamine groups is 2. The molecule has 0 amide bonds. The summed E-state index contributed by atoms with van der Waals surface area (Å²) < 4.78 is 0. The minimum absolute atomic E-state index is 0.119. The molecule has 10 nitrogen and oxygen atoms in total. The average molecular weight is 522 g/mol. The van der Waals surface area contributed by atoms with Crippen LogP contribution in [0.2, 0.25) is 0 Å². The molecule has 37 heavy (non-hydrogen) atoms. The Bertz CT molecular complexity index is 853. The number of aliphatic hydroxyl groups is 3. The number of hydrogen-bond donors (Lipinski definition) is 5. The van der Waals surface area contributed by atoms with Crippen LogP contribution in [0.15, 0.2) is 54.6 Å². The third-order valence-corrected chi connectivity index (χ3v) is 7.05. The molecule has 1 aliphatic carbocycles. The first kappa shape index (κ1) is 29.4. The maximum absolute atomic E-state index is 12.1. The third-order valence-electron chi connectivity index (χ3n) is 7.05. The number of carbonyl (C=O) groups is 1. The predicted molar refractivity (Wildman–Crippen MR) is 133 cm³/mol. The number of aryl methyl sites for hydroxylation is 1. The summed E-state index contributed by atoms with van der Waals surface area (Å²) in [6, 6.07) is 9.94. The van der Waals surface area contributed by atoms with E-state index in [1.165, 1.54) is 0 Å². The quantitative estimate of drug-likeness (QED) is 0.107. The van der Waals surface area contributed by atoms with Gasteiger partial charge in [-0.05, 0) is 56.4 Å². The molecule has 0 radical (unpaired) electrons. The van der Waals surface area contributed by atoms with E-state index in [1.807, 2.05) is 48.6 Å². The summed E-state index contributed by atoms with van der Waals surface area (Å²) in [5, 5.41) is 50.0. The molecule has 2 aliphatic rings. The van der Waals surface area contributed by atoms with E-state index in [4.69, 9.17) is 15.4 Å². The van der Waals surface area contributed by atoms with Gasteiger partial charge in [-0.2, -0.15) is 0 Å². The molecule has 1 heterocycles. The number of allylic oxidation sites excluding steroid dienone is 2. The first-order valence-electron chi connectivity index (χ1n) is 12.9. The molecule has 2 fully saturated rings. The number of rotatable bonds is 14. The van der Waals surface area contributed by atoms with Gasteiger partial charge in [0.25, 0.3) is 0 Å². The number of carbonyl (C=O) groups excluding carboxylic acids is 1. The highest BCUT2D eigenvalue weighted by Gasteiger charge is 2.40. The molecule has 206 valence electrons. The Morgan fingerprint density at radius 3 is 2.43 bits per heavy atom. The molecule has 10 heteroatoms. The number of hydrogen-bond acceptors (Lipinski definition) is 10. The van der Waals surface area contributed by atoms with Crippen LogP contribution < -0.4 is 0 Å². The number of unbranched alkanes of at least 4 members (excludes halogenated alkanes) is 1. The van der Waals surface area contributed by atoms with Gasteiger partial charge in [0.05, 0.1) is 18.3 Å². The second kappa shape index (κ2) is 15.3. The summed E-state index contributed by atoms with van der Waals surface area (Å²) in [4.78, 5) is 25.7. The van der Waals surface area contributed by atoms with Crippen molar-refractivity contribution in [1.82, 2.24) is 5.06 Å². The van der Waals surface area contributed by atoms with Crippen molar-refractivity contribution in [3.63, 3.8) is 0 Å². The van der Waals surface area contributed by atoms with Gasteiger partial charge in [-0.15, -0.1) is 0 Å². The van der Waals surface area contributed by atoms with Gasteiger partial charge in [-0.3, -0.25) is 15.3 Å². The molecule has 1 aromatic carbocycles. The Morgan fingerprint density at radius 1 is 1.05 bits per heavy atom. The van der Waals surface area contributed by atoms with E-state index in [1.54, 1.807) is 6.08 Å². The van der Waals surface area contributed by atoms with Gasteiger partial charge < -0.3 is 20.2 Å². The Labute approximate surface area is 217 Å². The highest BCUT2D eigenvalue weighted by molar-refractivity contribution is 5.69. The highest BCUT2D eigenvalue weighted by atomic mass is 17.1. The van der Waals surface area contributed by atoms with E-state index < -0.39 is 36.7 Å². The van der Waals surface area contributed by atoms with Crippen LogP contribution in [0.1, 0.15) is 56.9 Å². The van der Waals surface area contributed by atoms with Gasteiger partial charge in [0.2, 0.25) is 0 Å². The third kappa shape index (κ3) is 8.98. The van der Waals surface area contributed by atoms with Crippen molar-refractivity contribution < 1.29 is 45.2 Å². The molecule has 0 spiro atoms. The van der Waals surface area contributed by atoms with E-state index in [9.17, 15) is 20.1 Å². The topological polar surface area (TPSA) is 149 Å². The largest absolute Gasteiger partial charge is 0.393 e. The molecule has 3 rings (SSSR count). The summed E-state index contributed by atoms with van der Waals surface area (Å²) in [7, 11) is 0. The zero-order valence-corrected chi connectivity index (χ0v) is 20.9. The second-order valence-electron chi connectivity index (χ2n) is 9.71. The van der Waals surface area contributed by atoms with Crippen LogP contribution in [-0.4, -0.2) is 67.6 Å². The maximum atomic E-state index is 12.1. The Hall–Kier alpha value is -2.15. The fourth-order valence-corrected chi connectivity index (χ4v) is 4.96. The molecule has 7 atom stereocenters. The molecular formula is C27H39NO9. The Morgan fingerprint density at radius 2 is 1.76 bits per heavy atom. The minimum Gasteiger partial charge on any atom is -0.393 e. The van der Waals surface area contributed by atoms with Crippen molar-refractivity contribution in [3.05, 3.63) is 60.2 Å². The maximum Gasteiger partial charge on any atom is 0.325 e. The Kier molecular flexibility index (Phi) is 12.2. The van der Waals surface area contributed by atoms with E-state index in [2.05, 4.69) is 9.78 Å². The molecule has 5 N–H and O–H groups in total. The fraction of sp³-hybridized carbons (Fsp3) is 0.593. The van der Waals surface area contributed by atoms with Gasteiger partial charge >= 0.3 is 5.97 Å². The molecule has 7 unspecified atom stereocenters. The number of benzene rings is 1. The van der Waals surface area contributed by atoms with Crippen LogP contribution in [0.4, 0.5) is 0 Å². The van der Waals surface area contributed by atoms with E-state index >= 15 is 0 Å². The number of aliphatic hydroxyl groups excluding tert-OH is 3. The highest BCUT2D eigenvalue weighted by Crippen LogP contribution is 2.36. The number of nitrogens with zero attached hydrogens (tertiary/aromatic N) is 1. The van der Waals surface area contributed by atoms with Crippen molar-refractivity contribution in [2.45, 2.75) is 88.6 Å². The van der Waals surface area contributed by atoms with Crippen LogP contribution in [0.5, 0.6) is 0 Å². The SMILES string of the molecule is O=C(CCCC=CCC1C(O)CC(O)C1C=CC(O)CCc1ccccc1)ON1C(OO)CCC1OO. The fourth-order valence-electron chi connectivity index (χ4n) is 4.96. The smallest absolute Gasteiger partial charge is 0.325 e. The standard InChI is InChI=1S/C27H39NO9/c29-20(13-12-19-8-4-3-5-9-19)14-15-22-21(23(30)18-24(22)31)10-6-1-2-7-11-27(32)35-28-25(36-33)16-17-26(28)37-34/h1,3-6,8-9,14-15,20-26,29-31,33-34H,2,7,10-13,16-18H2. The van der Waals surface area contributed by atoms with Crippen molar-refractivity contribution in [1.29, 1.82) is 0 Å². The molecule has 0 aromatic heterocycles. The normalized spacial score (nSPS) is 29.4. The second-order valence-corrected chi connectivity index (χ2v) is 9.71. The monoisotopic (exact) mass is 521 g/mol. The molecule has 1 saturated carbocycles. The molecular weight excluding hydrogens is 482 g/mol. The van der Waals surface area contributed by atoms with Crippen LogP contribution in [0.25, 0.3) is 0 Å². The summed E-state index contributed by atoms with van der Waals surface area (Å²) in [5.74, 6) is -0.940. The molecule has 1 aromatic rings. The van der Waals surface area contributed by atoms with Crippen molar-refractivity contribution >= 4 is 5.97 Å². The lowest BCUT2D eigenvalue weighted by atomic mass is 9.89. The molecule has 1 saturated heterocycles. The van der Waals surface area contributed by atoms with Crippen molar-refractivity contribution in [2.24, 2.45) is 11.8 Å². The summed E-state index contributed by atoms with van der Waals surface area (Å²) in [6.45, 7) is 0. The Balaban J connectivity index is 1.38. The van der Waals surface area contributed by atoms with Gasteiger partial charge in [0.15, 0.2) is 12.5 Å². The lowest BCUT2D eigenvalue weighted by Crippen LogP contribution is -2.40. The minimum atomic E-state index is -0.888. The predicted octanol–water partition coefficient (Wildman–Crippen LogP) is 3.20. The van der Waals surface area contributed by atoms with Crippen LogP contribution in [0, 0.1) is 11.8 Å². The lowest BCUT2D eigenvalue weighted by molar-refractivity contribution is -0.404. The van der Waals surface area contributed by atoms with E-state index in [-0.39, 0.29) is 18.3 Å². The summed E-state index contributed by atoms with van der Waals surface area (Å²) in [6.07, 6.45) is 7.84. The van der Waals surface area contributed by atoms with Crippen LogP contribution >= 0.6 is 0 Å². The van der Waals surface area contributed by atoms with Crippen molar-refractivity contribution in [2.75, 3.05) is 0 Å². The zero-order valence-electron chi connectivity index (χ0n) is 20.9. The van der Waals surface area contributed by atoms with Crippen LogP contribution in [0.3, 0.4) is 0 Å². The van der Waals surface area contributed by atoms with Gasteiger partial charge in [-0.1, -0.05) is 59.7 Å². The summed E-state index contributed by atoms with van der Waals surface area (Å²) >= 11 is 0. The van der Waals surface area contributed by atoms with Crippen LogP contribution in [-0.2, 0) is 25.8 Å². The molecule has 1 aliphatic heterocycles. The van der Waals surface area contributed by atoms with Gasteiger partial charge in [-0.25, -0.2) is 9.78 Å². The van der Waals surface area contributed by atoms with E-state index in [0.717, 1.165) is 17.0 Å². The zero-order chi connectivity index (χ0) is 26.6. The van der Waals surface area contributed by atoms with Gasteiger partial charge in [0, 0.05) is 18.8 Å². The first-order chi connectivity index (χ1) is 17.9. The first-order valence-corrected chi connectivity index (χ1v) is 12.9. The van der Waals surface area contributed by atoms with Crippen molar-refractivity contribution in [3.8, 4) is 0 Å². The van der Waals surface area contributed by atoms with Gasteiger partial charge in [0.1, 0.15) is 0 Å². The molecule has 0 bridgehead atoms. The van der Waals surface area contributed by atoms with E-state index in [0.29, 0.717) is 44.9 Å². The average Bonchev–Trinajstić information content (AvgIpc) is 3.42.